The minimum Gasteiger partial charge on any atom is -0.748 e. The molecule has 0 rings (SSSR count). The molecule has 0 aromatic rings. The van der Waals surface area contributed by atoms with Crippen molar-refractivity contribution in [1.82, 2.24) is 0 Å². The van der Waals surface area contributed by atoms with E-state index in [9.17, 15) is 18.1 Å². The van der Waals surface area contributed by atoms with Crippen LogP contribution in [0.1, 0.15) is 136 Å². The molecule has 0 aliphatic heterocycles. The summed E-state index contributed by atoms with van der Waals surface area (Å²) in [4.78, 5) is 0. The van der Waals surface area contributed by atoms with E-state index in [1.165, 1.54) is 64.2 Å². The average molecular weight is 459 g/mol. The summed E-state index contributed by atoms with van der Waals surface area (Å²) in [5.41, 5.74) is 0. The molecule has 0 aromatic carbocycles. The summed E-state index contributed by atoms with van der Waals surface area (Å²) in [6.07, 6.45) is 20.8. The Kier molecular flexibility index (Phi) is 25.6. The van der Waals surface area contributed by atoms with Gasteiger partial charge in [-0.15, -0.1) is 0 Å². The monoisotopic (exact) mass is 458 g/mol. The first-order valence-corrected chi connectivity index (χ1v) is 13.5. The molecule has 0 bridgehead atoms. The zero-order valence-corrected chi connectivity index (χ0v) is 23.6. The summed E-state index contributed by atoms with van der Waals surface area (Å²) in [7, 11) is -4.14. The fourth-order valence-electron chi connectivity index (χ4n) is 3.85. The van der Waals surface area contributed by atoms with Gasteiger partial charge in [0.05, 0.1) is 16.2 Å². The van der Waals surface area contributed by atoms with Gasteiger partial charge in [-0.1, -0.05) is 110 Å². The van der Waals surface area contributed by atoms with Crippen LogP contribution in [-0.2, 0) is 10.1 Å². The van der Waals surface area contributed by atoms with Gasteiger partial charge in [-0.05, 0) is 25.7 Å². The Balaban J connectivity index is 0. The first kappa shape index (κ1) is 32.7. The molecule has 0 heterocycles. The maximum atomic E-state index is 11.0. The maximum Gasteiger partial charge on any atom is 1.00 e. The third-order valence-electron chi connectivity index (χ3n) is 5.82. The molecular formula is C23H47KO4S. The van der Waals surface area contributed by atoms with Crippen LogP contribution in [0, 0.1) is 0 Å². The van der Waals surface area contributed by atoms with Gasteiger partial charge < -0.3 is 9.66 Å². The fourth-order valence-corrected chi connectivity index (χ4v) is 4.71. The molecule has 0 fully saturated rings. The summed E-state index contributed by atoms with van der Waals surface area (Å²) in [6, 6.07) is 0. The van der Waals surface area contributed by atoms with Gasteiger partial charge in [-0.25, -0.2) is 8.42 Å². The van der Waals surface area contributed by atoms with Gasteiger partial charge in [0, 0.05) is 5.25 Å². The van der Waals surface area contributed by atoms with Crippen molar-refractivity contribution < 1.29 is 69.5 Å². The molecule has 0 amide bonds. The van der Waals surface area contributed by atoms with Crippen LogP contribution in [0.3, 0.4) is 0 Å². The molecule has 4 nitrogen and oxygen atoms in total. The number of aliphatic hydroxyl groups excluding tert-OH is 1. The average Bonchev–Trinajstić information content (AvgIpc) is 2.64. The molecule has 0 spiro atoms. The molecule has 0 radical (unpaired) electrons. The molecule has 29 heavy (non-hydrogen) atoms. The minimum absolute atomic E-state index is 0. The molecule has 0 aliphatic rings. The second-order valence-corrected chi connectivity index (χ2v) is 10.1. The predicted octanol–water partition coefficient (Wildman–Crippen LogP) is 3.72. The van der Waals surface area contributed by atoms with Gasteiger partial charge >= 0.3 is 51.4 Å². The molecule has 1 N–H and O–H groups in total. The van der Waals surface area contributed by atoms with Crippen LogP contribution in [-0.4, -0.2) is 29.4 Å². The summed E-state index contributed by atoms with van der Waals surface area (Å²) in [6.45, 7) is 4.01. The Morgan fingerprint density at radius 3 is 1.34 bits per heavy atom. The fraction of sp³-hybridized carbons (Fsp3) is 1.00. The second-order valence-electron chi connectivity index (χ2n) is 8.49. The van der Waals surface area contributed by atoms with Crippen LogP contribution in [0.15, 0.2) is 0 Å². The van der Waals surface area contributed by atoms with Gasteiger partial charge in [0.15, 0.2) is 0 Å². The largest absolute Gasteiger partial charge is 1.00 e. The van der Waals surface area contributed by atoms with E-state index in [2.05, 4.69) is 6.92 Å². The first-order chi connectivity index (χ1) is 13.4. The van der Waals surface area contributed by atoms with E-state index in [4.69, 9.17) is 0 Å². The first-order valence-electron chi connectivity index (χ1n) is 12.0. The van der Waals surface area contributed by atoms with Crippen LogP contribution in [0.5, 0.6) is 0 Å². The van der Waals surface area contributed by atoms with Crippen molar-refractivity contribution in [1.29, 1.82) is 0 Å². The molecule has 0 saturated carbocycles. The Morgan fingerprint density at radius 1 is 0.655 bits per heavy atom. The molecule has 2 atom stereocenters. The third kappa shape index (κ3) is 22.5. The Bertz CT molecular complexity index is 429. The molecule has 0 aromatic heterocycles. The van der Waals surface area contributed by atoms with Crippen LogP contribution >= 0.6 is 0 Å². The van der Waals surface area contributed by atoms with Gasteiger partial charge in [0.2, 0.25) is 0 Å². The Morgan fingerprint density at radius 2 is 1.00 bits per heavy atom. The van der Waals surface area contributed by atoms with Crippen molar-refractivity contribution in [2.45, 2.75) is 147 Å². The van der Waals surface area contributed by atoms with Gasteiger partial charge in [-0.2, -0.15) is 0 Å². The van der Waals surface area contributed by atoms with E-state index in [1.807, 2.05) is 0 Å². The molecule has 0 aliphatic carbocycles. The van der Waals surface area contributed by atoms with E-state index in [1.54, 1.807) is 6.92 Å². The topological polar surface area (TPSA) is 77.4 Å². The van der Waals surface area contributed by atoms with E-state index in [0.29, 0.717) is 12.8 Å². The smallest absolute Gasteiger partial charge is 0.748 e. The van der Waals surface area contributed by atoms with Gasteiger partial charge in [0.25, 0.3) is 0 Å². The molecular weight excluding hydrogens is 411 g/mol. The van der Waals surface area contributed by atoms with Crippen LogP contribution in [0.4, 0.5) is 0 Å². The van der Waals surface area contributed by atoms with Crippen LogP contribution < -0.4 is 51.4 Å². The number of aliphatic hydroxyl groups is 1. The van der Waals surface area contributed by atoms with Crippen LogP contribution in [0.2, 0.25) is 0 Å². The van der Waals surface area contributed by atoms with Crippen molar-refractivity contribution in [3.05, 3.63) is 0 Å². The number of hydrogen-bond donors (Lipinski definition) is 1. The third-order valence-corrected chi connectivity index (χ3v) is 7.20. The molecule has 6 heteroatoms. The number of rotatable bonds is 21. The summed E-state index contributed by atoms with van der Waals surface area (Å²) in [5, 5.41) is 9.34. The predicted molar refractivity (Wildman–Crippen MR) is 119 cm³/mol. The normalized spacial score (nSPS) is 13.8. The SMILES string of the molecule is CCCCCCCCCCCCCC(O)CCCCCCC(CC)S(=O)(=O)[O-].[K+]. The quantitative estimate of drug-likeness (QED) is 0.162. The molecule has 2 unspecified atom stereocenters. The maximum absolute atomic E-state index is 11.0. The van der Waals surface area contributed by atoms with Crippen molar-refractivity contribution in [3.8, 4) is 0 Å². The zero-order valence-electron chi connectivity index (χ0n) is 19.7. The summed E-state index contributed by atoms with van der Waals surface area (Å²) >= 11 is 0. The van der Waals surface area contributed by atoms with E-state index in [0.717, 1.165) is 44.9 Å². The van der Waals surface area contributed by atoms with Gasteiger partial charge in [-0.3, -0.25) is 0 Å². The Hall–Kier alpha value is 1.51. The van der Waals surface area contributed by atoms with E-state index in [-0.39, 0.29) is 57.5 Å². The van der Waals surface area contributed by atoms with Crippen LogP contribution in [0.25, 0.3) is 0 Å². The van der Waals surface area contributed by atoms with E-state index >= 15 is 0 Å². The summed E-state index contributed by atoms with van der Waals surface area (Å²) < 4.78 is 33.1. The Labute approximate surface area is 224 Å². The summed E-state index contributed by atoms with van der Waals surface area (Å²) in [5.74, 6) is 0. The van der Waals surface area contributed by atoms with Gasteiger partial charge in [0.1, 0.15) is 0 Å². The van der Waals surface area contributed by atoms with Crippen molar-refractivity contribution in [2.75, 3.05) is 0 Å². The standard InChI is InChI=1S/C23H48O4S.K/c1-3-5-6-7-8-9-10-11-12-13-16-19-22(24)20-17-14-15-18-21-23(4-2)28(25,26)27;/h22-24H,3-21H2,1-2H3,(H,25,26,27);/q;+1/p-1. The van der Waals surface area contributed by atoms with Crippen molar-refractivity contribution in [3.63, 3.8) is 0 Å². The molecule has 0 saturated heterocycles. The second kappa shape index (κ2) is 22.7. The molecule has 170 valence electrons. The zero-order chi connectivity index (χ0) is 21.1. The number of unbranched alkanes of at least 4 members (excludes halogenated alkanes) is 13. The minimum atomic E-state index is -4.14. The van der Waals surface area contributed by atoms with Crippen molar-refractivity contribution in [2.24, 2.45) is 0 Å². The van der Waals surface area contributed by atoms with Crippen molar-refractivity contribution >= 4 is 10.1 Å². The number of hydrogen-bond acceptors (Lipinski definition) is 4. The van der Waals surface area contributed by atoms with E-state index < -0.39 is 15.4 Å².